The van der Waals surface area contributed by atoms with Crippen molar-refractivity contribution in [1.82, 2.24) is 5.32 Å². The minimum absolute atomic E-state index is 0.00146. The molecule has 0 heterocycles. The highest BCUT2D eigenvalue weighted by Crippen LogP contribution is 1.91. The van der Waals surface area contributed by atoms with Crippen molar-refractivity contribution >= 4 is 11.9 Å². The smallest absolute Gasteiger partial charge is 0.326 e. The standard InChI is InChI=1S/C10H15NO4/c1-2-3-4-5-9(13)11-8(6-7-12)10(14)15/h2-5,8,12H,6-7H2,1H3,(H,11,13)(H,14,15)/t8-/m1/s1. The van der Waals surface area contributed by atoms with E-state index in [0.29, 0.717) is 0 Å². The first-order chi connectivity index (χ1) is 7.11. The number of aliphatic carboxylic acids is 1. The number of hydrogen-bond acceptors (Lipinski definition) is 3. The summed E-state index contributed by atoms with van der Waals surface area (Å²) in [5.74, 6) is -1.65. The van der Waals surface area contributed by atoms with Crippen LogP contribution in [0.25, 0.3) is 0 Å². The molecule has 0 aliphatic heterocycles. The molecule has 0 aromatic heterocycles. The van der Waals surface area contributed by atoms with Crippen molar-refractivity contribution in [3.05, 3.63) is 24.3 Å². The van der Waals surface area contributed by atoms with Crippen LogP contribution in [0.1, 0.15) is 13.3 Å². The number of aliphatic hydroxyl groups is 1. The van der Waals surface area contributed by atoms with E-state index < -0.39 is 17.9 Å². The van der Waals surface area contributed by atoms with Gasteiger partial charge in [0.05, 0.1) is 0 Å². The van der Waals surface area contributed by atoms with Crippen molar-refractivity contribution in [1.29, 1.82) is 0 Å². The Morgan fingerprint density at radius 2 is 2.07 bits per heavy atom. The molecule has 0 aromatic rings. The third-order valence-electron chi connectivity index (χ3n) is 1.58. The number of allylic oxidation sites excluding steroid dienone is 3. The Labute approximate surface area is 88.1 Å². The number of carbonyl (C=O) groups is 2. The van der Waals surface area contributed by atoms with Crippen LogP contribution in [0.15, 0.2) is 24.3 Å². The van der Waals surface area contributed by atoms with Gasteiger partial charge in [0.15, 0.2) is 0 Å². The fourth-order valence-electron chi connectivity index (χ4n) is 0.860. The van der Waals surface area contributed by atoms with Gasteiger partial charge in [-0.3, -0.25) is 4.79 Å². The maximum absolute atomic E-state index is 11.1. The Kier molecular flexibility index (Phi) is 6.92. The number of rotatable bonds is 6. The first-order valence-electron chi connectivity index (χ1n) is 4.55. The molecular formula is C10H15NO4. The van der Waals surface area contributed by atoms with Gasteiger partial charge in [-0.2, -0.15) is 0 Å². The average molecular weight is 213 g/mol. The van der Waals surface area contributed by atoms with Crippen molar-refractivity contribution < 1.29 is 19.8 Å². The summed E-state index contributed by atoms with van der Waals surface area (Å²) in [6, 6.07) is -1.04. The van der Waals surface area contributed by atoms with Crippen LogP contribution in [-0.4, -0.2) is 34.7 Å². The third kappa shape index (κ3) is 6.45. The monoisotopic (exact) mass is 213 g/mol. The molecule has 0 bridgehead atoms. The van der Waals surface area contributed by atoms with Gasteiger partial charge in [0.1, 0.15) is 6.04 Å². The highest BCUT2D eigenvalue weighted by atomic mass is 16.4. The summed E-state index contributed by atoms with van der Waals surface area (Å²) >= 11 is 0. The van der Waals surface area contributed by atoms with Crippen molar-refractivity contribution in [2.75, 3.05) is 6.61 Å². The molecule has 5 nitrogen and oxygen atoms in total. The number of aliphatic hydroxyl groups excluding tert-OH is 1. The lowest BCUT2D eigenvalue weighted by Crippen LogP contribution is -2.40. The fraction of sp³-hybridized carbons (Fsp3) is 0.400. The second kappa shape index (κ2) is 7.75. The first-order valence-corrected chi connectivity index (χ1v) is 4.55. The lowest BCUT2D eigenvalue weighted by molar-refractivity contribution is -0.141. The van der Waals surface area contributed by atoms with Crippen LogP contribution in [0.2, 0.25) is 0 Å². The average Bonchev–Trinajstić information content (AvgIpc) is 2.17. The van der Waals surface area contributed by atoms with Crippen LogP contribution in [0.5, 0.6) is 0 Å². The lowest BCUT2D eigenvalue weighted by atomic mass is 10.2. The molecule has 0 unspecified atom stereocenters. The van der Waals surface area contributed by atoms with Gasteiger partial charge < -0.3 is 15.5 Å². The third-order valence-corrected chi connectivity index (χ3v) is 1.58. The number of carboxylic acid groups (broad SMARTS) is 1. The molecule has 1 atom stereocenters. The zero-order valence-electron chi connectivity index (χ0n) is 8.51. The minimum atomic E-state index is -1.16. The molecule has 0 fully saturated rings. The fourth-order valence-corrected chi connectivity index (χ4v) is 0.860. The van der Waals surface area contributed by atoms with Crippen LogP contribution < -0.4 is 5.32 Å². The zero-order valence-corrected chi connectivity index (χ0v) is 8.51. The molecule has 0 aliphatic carbocycles. The summed E-state index contributed by atoms with van der Waals surface area (Å²) in [6.07, 6.45) is 6.13. The van der Waals surface area contributed by atoms with Gasteiger partial charge in [-0.25, -0.2) is 4.79 Å². The molecule has 0 aliphatic rings. The van der Waals surface area contributed by atoms with Gasteiger partial charge >= 0.3 is 5.97 Å². The second-order valence-corrected chi connectivity index (χ2v) is 2.80. The van der Waals surface area contributed by atoms with Gasteiger partial charge in [0.25, 0.3) is 0 Å². The quantitative estimate of drug-likeness (QED) is 0.430. The normalized spacial score (nSPS) is 13.2. The Balaban J connectivity index is 4.16. The van der Waals surface area contributed by atoms with Gasteiger partial charge in [-0.05, 0) is 6.92 Å². The van der Waals surface area contributed by atoms with E-state index in [1.807, 2.05) is 0 Å². The minimum Gasteiger partial charge on any atom is -0.480 e. The predicted octanol–water partition coefficient (Wildman–Crippen LogP) is 0.0705. The zero-order chi connectivity index (χ0) is 11.7. The van der Waals surface area contributed by atoms with Crippen molar-refractivity contribution in [3.8, 4) is 0 Å². The Morgan fingerprint density at radius 3 is 2.53 bits per heavy atom. The van der Waals surface area contributed by atoms with Crippen LogP contribution in [0.4, 0.5) is 0 Å². The van der Waals surface area contributed by atoms with Crippen LogP contribution >= 0.6 is 0 Å². The summed E-state index contributed by atoms with van der Waals surface area (Å²) in [5.41, 5.74) is 0. The van der Waals surface area contributed by atoms with E-state index in [9.17, 15) is 9.59 Å². The molecule has 84 valence electrons. The number of carbonyl (C=O) groups excluding carboxylic acids is 1. The molecule has 15 heavy (non-hydrogen) atoms. The summed E-state index contributed by atoms with van der Waals surface area (Å²) in [4.78, 5) is 21.7. The van der Waals surface area contributed by atoms with Crippen molar-refractivity contribution in [3.63, 3.8) is 0 Å². The van der Waals surface area contributed by atoms with Crippen LogP contribution in [0.3, 0.4) is 0 Å². The van der Waals surface area contributed by atoms with E-state index in [2.05, 4.69) is 5.32 Å². The Hall–Kier alpha value is -1.62. The van der Waals surface area contributed by atoms with Gasteiger partial charge in [-0.15, -0.1) is 0 Å². The number of carboxylic acids is 1. The predicted molar refractivity (Wildman–Crippen MR) is 55.2 cm³/mol. The Morgan fingerprint density at radius 1 is 1.40 bits per heavy atom. The van der Waals surface area contributed by atoms with Gasteiger partial charge in [0.2, 0.25) is 5.91 Å². The van der Waals surface area contributed by atoms with Crippen molar-refractivity contribution in [2.24, 2.45) is 0 Å². The largest absolute Gasteiger partial charge is 0.480 e. The summed E-state index contributed by atoms with van der Waals surface area (Å²) in [5, 5.41) is 19.5. The highest BCUT2D eigenvalue weighted by Gasteiger charge is 2.17. The van der Waals surface area contributed by atoms with E-state index in [4.69, 9.17) is 10.2 Å². The van der Waals surface area contributed by atoms with E-state index in [1.165, 1.54) is 12.2 Å². The van der Waals surface area contributed by atoms with E-state index in [1.54, 1.807) is 19.1 Å². The highest BCUT2D eigenvalue weighted by molar-refractivity contribution is 5.91. The molecule has 1 amide bonds. The summed E-state index contributed by atoms with van der Waals surface area (Å²) in [7, 11) is 0. The van der Waals surface area contributed by atoms with Crippen LogP contribution in [-0.2, 0) is 9.59 Å². The SMILES string of the molecule is CC=CC=CC(=O)N[C@H](CCO)C(=O)O. The van der Waals surface area contributed by atoms with Gasteiger partial charge in [-0.1, -0.05) is 18.2 Å². The number of hydrogen-bond donors (Lipinski definition) is 3. The first kappa shape index (κ1) is 13.4. The molecule has 0 spiro atoms. The molecule has 0 saturated carbocycles. The summed E-state index contributed by atoms with van der Waals surface area (Å²) in [6.45, 7) is 1.52. The molecule has 3 N–H and O–H groups in total. The lowest BCUT2D eigenvalue weighted by Gasteiger charge is -2.10. The second-order valence-electron chi connectivity index (χ2n) is 2.80. The van der Waals surface area contributed by atoms with E-state index >= 15 is 0 Å². The maximum atomic E-state index is 11.1. The molecule has 0 aromatic carbocycles. The molecule has 0 radical (unpaired) electrons. The van der Waals surface area contributed by atoms with E-state index in [-0.39, 0.29) is 13.0 Å². The molecule has 0 rings (SSSR count). The van der Waals surface area contributed by atoms with Crippen LogP contribution in [0, 0.1) is 0 Å². The number of nitrogens with one attached hydrogen (secondary N) is 1. The maximum Gasteiger partial charge on any atom is 0.326 e. The van der Waals surface area contributed by atoms with Crippen molar-refractivity contribution in [2.45, 2.75) is 19.4 Å². The topological polar surface area (TPSA) is 86.6 Å². The molecule has 5 heteroatoms. The number of amides is 1. The van der Waals surface area contributed by atoms with E-state index in [0.717, 1.165) is 0 Å². The molecule has 0 saturated heterocycles. The van der Waals surface area contributed by atoms with Gasteiger partial charge in [0, 0.05) is 19.1 Å². The molecular weight excluding hydrogens is 198 g/mol. The Bertz CT molecular complexity index is 271. The summed E-state index contributed by atoms with van der Waals surface area (Å²) < 4.78 is 0.